The molecule has 1 saturated heterocycles. The molecule has 1 aromatic carbocycles. The first-order valence-corrected chi connectivity index (χ1v) is 7.16. The molecule has 1 aliphatic heterocycles. The summed E-state index contributed by atoms with van der Waals surface area (Å²) in [4.78, 5) is 26.5. The molecule has 1 fully saturated rings. The number of hydrogen-bond acceptors (Lipinski definition) is 4. The Morgan fingerprint density at radius 3 is 2.81 bits per heavy atom. The predicted octanol–water partition coefficient (Wildman–Crippen LogP) is 2.25. The van der Waals surface area contributed by atoms with Crippen LogP contribution in [-0.4, -0.2) is 42.6 Å². The second-order valence-corrected chi connectivity index (χ2v) is 5.29. The minimum absolute atomic E-state index is 0.165. The Bertz CT molecular complexity index is 543. The molecule has 0 aliphatic carbocycles. The molecular weight excluding hydrogens is 270 g/mol. The lowest BCUT2D eigenvalue weighted by atomic mass is 9.98. The van der Waals surface area contributed by atoms with Gasteiger partial charge in [0, 0.05) is 12.1 Å². The van der Waals surface area contributed by atoms with Crippen molar-refractivity contribution in [3.63, 3.8) is 0 Å². The van der Waals surface area contributed by atoms with Crippen molar-refractivity contribution >= 4 is 11.9 Å². The summed E-state index contributed by atoms with van der Waals surface area (Å²) in [6, 6.07) is 6.97. The number of ether oxygens (including phenoxy) is 2. The monoisotopic (exact) mass is 291 g/mol. The van der Waals surface area contributed by atoms with E-state index in [0.29, 0.717) is 30.9 Å². The number of carbonyl (C=O) groups is 2. The molecule has 0 N–H and O–H groups in total. The topological polar surface area (TPSA) is 55.8 Å². The van der Waals surface area contributed by atoms with Gasteiger partial charge in [-0.3, -0.25) is 4.79 Å². The quantitative estimate of drug-likeness (QED) is 0.798. The van der Waals surface area contributed by atoms with Crippen molar-refractivity contribution in [2.75, 3.05) is 20.3 Å². The minimum Gasteiger partial charge on any atom is -0.497 e. The van der Waals surface area contributed by atoms with E-state index in [1.807, 2.05) is 0 Å². The maximum Gasteiger partial charge on any atom is 0.331 e. The normalized spacial score (nSPS) is 21.2. The van der Waals surface area contributed by atoms with Crippen LogP contribution in [0, 0.1) is 0 Å². The van der Waals surface area contributed by atoms with Gasteiger partial charge in [-0.25, -0.2) is 4.79 Å². The molecule has 1 atom stereocenters. The lowest BCUT2D eigenvalue weighted by molar-refractivity contribution is -0.153. The van der Waals surface area contributed by atoms with Crippen LogP contribution in [0.4, 0.5) is 0 Å². The van der Waals surface area contributed by atoms with Gasteiger partial charge in [0.25, 0.3) is 5.91 Å². The van der Waals surface area contributed by atoms with Gasteiger partial charge in [-0.05, 0) is 44.9 Å². The molecule has 0 aromatic heterocycles. The van der Waals surface area contributed by atoms with Gasteiger partial charge < -0.3 is 14.4 Å². The maximum absolute atomic E-state index is 12.7. The van der Waals surface area contributed by atoms with Gasteiger partial charge in [0.05, 0.1) is 13.7 Å². The highest BCUT2D eigenvalue weighted by Crippen LogP contribution is 2.32. The highest BCUT2D eigenvalue weighted by Gasteiger charge is 2.47. The fraction of sp³-hybridized carbons (Fsp3) is 0.500. The Morgan fingerprint density at radius 1 is 1.38 bits per heavy atom. The largest absolute Gasteiger partial charge is 0.497 e. The van der Waals surface area contributed by atoms with E-state index in [4.69, 9.17) is 9.47 Å². The van der Waals surface area contributed by atoms with Crippen molar-refractivity contribution in [3.05, 3.63) is 29.8 Å². The smallest absolute Gasteiger partial charge is 0.331 e. The highest BCUT2D eigenvalue weighted by atomic mass is 16.5. The molecule has 2 rings (SSSR count). The van der Waals surface area contributed by atoms with Crippen LogP contribution in [-0.2, 0) is 9.53 Å². The number of carbonyl (C=O) groups excluding carboxylic acids is 2. The minimum atomic E-state index is -0.879. The number of likely N-dealkylation sites (tertiary alicyclic amines) is 1. The third kappa shape index (κ3) is 2.86. The number of nitrogens with zero attached hydrogens (tertiary/aromatic N) is 1. The summed E-state index contributed by atoms with van der Waals surface area (Å²) in [6.45, 7) is 4.42. The number of benzene rings is 1. The van der Waals surface area contributed by atoms with E-state index >= 15 is 0 Å². The summed E-state index contributed by atoms with van der Waals surface area (Å²) < 4.78 is 10.3. The SMILES string of the molecule is CCOC(=O)C1(C)CCCN1C(=O)c1cccc(OC)c1. The van der Waals surface area contributed by atoms with Crippen molar-refractivity contribution in [2.45, 2.75) is 32.2 Å². The average molecular weight is 291 g/mol. The fourth-order valence-electron chi connectivity index (χ4n) is 2.70. The van der Waals surface area contributed by atoms with Crippen LogP contribution in [0.1, 0.15) is 37.0 Å². The van der Waals surface area contributed by atoms with Crippen LogP contribution >= 0.6 is 0 Å². The number of amides is 1. The maximum atomic E-state index is 12.7. The predicted molar refractivity (Wildman–Crippen MR) is 78.3 cm³/mol. The summed E-state index contributed by atoms with van der Waals surface area (Å²) in [5, 5.41) is 0. The first-order chi connectivity index (χ1) is 10.0. The number of hydrogen-bond donors (Lipinski definition) is 0. The standard InChI is InChI=1S/C16H21NO4/c1-4-21-15(19)16(2)9-6-10-17(16)14(18)12-7-5-8-13(11-12)20-3/h5,7-8,11H,4,6,9-10H2,1-3H3. The fourth-order valence-corrected chi connectivity index (χ4v) is 2.70. The van der Waals surface area contributed by atoms with Crippen LogP contribution in [0.5, 0.6) is 5.75 Å². The van der Waals surface area contributed by atoms with Crippen molar-refractivity contribution in [1.82, 2.24) is 4.90 Å². The Labute approximate surface area is 124 Å². The lowest BCUT2D eigenvalue weighted by Crippen LogP contribution is -2.51. The summed E-state index contributed by atoms with van der Waals surface area (Å²) >= 11 is 0. The van der Waals surface area contributed by atoms with E-state index in [1.165, 1.54) is 0 Å². The molecule has 1 unspecified atom stereocenters. The second-order valence-electron chi connectivity index (χ2n) is 5.29. The molecule has 114 valence electrons. The van der Waals surface area contributed by atoms with Gasteiger partial charge in [0.1, 0.15) is 11.3 Å². The first-order valence-electron chi connectivity index (χ1n) is 7.16. The highest BCUT2D eigenvalue weighted by molar-refractivity contribution is 5.98. The number of methoxy groups -OCH3 is 1. The van der Waals surface area contributed by atoms with Crippen LogP contribution < -0.4 is 4.74 Å². The molecule has 0 spiro atoms. The van der Waals surface area contributed by atoms with Gasteiger partial charge in [-0.15, -0.1) is 0 Å². The Morgan fingerprint density at radius 2 is 2.14 bits per heavy atom. The van der Waals surface area contributed by atoms with Gasteiger partial charge in [0.2, 0.25) is 0 Å². The molecule has 5 heteroatoms. The van der Waals surface area contributed by atoms with Gasteiger partial charge in [0.15, 0.2) is 0 Å². The molecule has 1 heterocycles. The molecule has 0 radical (unpaired) electrons. The third-order valence-corrected chi connectivity index (χ3v) is 3.92. The molecule has 1 amide bonds. The summed E-state index contributed by atoms with van der Waals surface area (Å²) in [6.07, 6.45) is 1.42. The van der Waals surface area contributed by atoms with Gasteiger partial charge in [-0.2, -0.15) is 0 Å². The molecule has 1 aliphatic rings. The number of rotatable bonds is 4. The van der Waals surface area contributed by atoms with E-state index < -0.39 is 5.54 Å². The second kappa shape index (κ2) is 6.16. The molecule has 5 nitrogen and oxygen atoms in total. The number of esters is 1. The van der Waals surface area contributed by atoms with Crippen LogP contribution in [0.15, 0.2) is 24.3 Å². The zero-order chi connectivity index (χ0) is 15.5. The summed E-state index contributed by atoms with van der Waals surface area (Å²) in [7, 11) is 1.56. The first kappa shape index (κ1) is 15.4. The van der Waals surface area contributed by atoms with Crippen molar-refractivity contribution in [3.8, 4) is 5.75 Å². The van der Waals surface area contributed by atoms with E-state index in [1.54, 1.807) is 50.1 Å². The Balaban J connectivity index is 2.26. The lowest BCUT2D eigenvalue weighted by Gasteiger charge is -2.33. The Kier molecular flexibility index (Phi) is 4.50. The van der Waals surface area contributed by atoms with E-state index in [0.717, 1.165) is 6.42 Å². The van der Waals surface area contributed by atoms with E-state index in [-0.39, 0.29) is 11.9 Å². The molecule has 0 bridgehead atoms. The third-order valence-electron chi connectivity index (χ3n) is 3.92. The molecule has 1 aromatic rings. The van der Waals surface area contributed by atoms with Crippen LogP contribution in [0.3, 0.4) is 0 Å². The zero-order valence-electron chi connectivity index (χ0n) is 12.7. The van der Waals surface area contributed by atoms with Crippen molar-refractivity contribution in [1.29, 1.82) is 0 Å². The summed E-state index contributed by atoms with van der Waals surface area (Å²) in [5.74, 6) is 0.124. The molecule has 0 saturated carbocycles. The molecule has 21 heavy (non-hydrogen) atoms. The van der Waals surface area contributed by atoms with Crippen LogP contribution in [0.2, 0.25) is 0 Å². The zero-order valence-corrected chi connectivity index (χ0v) is 12.7. The van der Waals surface area contributed by atoms with Crippen molar-refractivity contribution < 1.29 is 19.1 Å². The Hall–Kier alpha value is -2.04. The summed E-state index contributed by atoms with van der Waals surface area (Å²) in [5.41, 5.74) is -0.359. The van der Waals surface area contributed by atoms with Gasteiger partial charge >= 0.3 is 5.97 Å². The van der Waals surface area contributed by atoms with E-state index in [2.05, 4.69) is 0 Å². The molecular formula is C16H21NO4. The average Bonchev–Trinajstić information content (AvgIpc) is 2.90. The van der Waals surface area contributed by atoms with Gasteiger partial charge in [-0.1, -0.05) is 6.07 Å². The van der Waals surface area contributed by atoms with Crippen LogP contribution in [0.25, 0.3) is 0 Å². The van der Waals surface area contributed by atoms with E-state index in [9.17, 15) is 9.59 Å². The van der Waals surface area contributed by atoms with Crippen molar-refractivity contribution in [2.24, 2.45) is 0 Å².